The summed E-state index contributed by atoms with van der Waals surface area (Å²) in [6.07, 6.45) is 8.39. The summed E-state index contributed by atoms with van der Waals surface area (Å²) in [6.45, 7) is 10.9. The predicted molar refractivity (Wildman–Crippen MR) is 71.8 cm³/mol. The van der Waals surface area contributed by atoms with Gasteiger partial charge in [0.05, 0.1) is 0 Å². The molecule has 1 aliphatic heterocycles. The first kappa shape index (κ1) is 14.0. The molecule has 96 valence electrons. The third-order valence-corrected chi connectivity index (χ3v) is 3.44. The molecule has 1 rings (SSSR count). The summed E-state index contributed by atoms with van der Waals surface area (Å²) in [5.74, 6) is 0.854. The molecular weight excluding hydrogens is 196 g/mol. The van der Waals surface area contributed by atoms with Gasteiger partial charge >= 0.3 is 0 Å². The van der Waals surface area contributed by atoms with Gasteiger partial charge in [0, 0.05) is 13.1 Å². The zero-order valence-electron chi connectivity index (χ0n) is 11.3. The van der Waals surface area contributed by atoms with Gasteiger partial charge in [0.1, 0.15) is 0 Å². The molecule has 1 N–H and O–H groups in total. The Labute approximate surface area is 102 Å². The minimum Gasteiger partial charge on any atom is -0.315 e. The molecule has 0 aromatic carbocycles. The van der Waals surface area contributed by atoms with Crippen molar-refractivity contribution >= 4 is 0 Å². The number of likely N-dealkylation sites (tertiary alicyclic amines) is 1. The molecule has 1 saturated heterocycles. The van der Waals surface area contributed by atoms with E-state index >= 15 is 0 Å². The third kappa shape index (κ3) is 7.24. The van der Waals surface area contributed by atoms with E-state index in [-0.39, 0.29) is 0 Å². The zero-order valence-corrected chi connectivity index (χ0v) is 11.3. The molecule has 0 unspecified atom stereocenters. The number of hydrogen-bond donors (Lipinski definition) is 1. The maximum atomic E-state index is 3.57. The van der Waals surface area contributed by atoms with Crippen LogP contribution >= 0.6 is 0 Å². The average Bonchev–Trinajstić information content (AvgIpc) is 2.51. The summed E-state index contributed by atoms with van der Waals surface area (Å²) >= 11 is 0. The van der Waals surface area contributed by atoms with E-state index in [0.29, 0.717) is 0 Å². The van der Waals surface area contributed by atoms with Crippen LogP contribution in [0.15, 0.2) is 0 Å². The highest BCUT2D eigenvalue weighted by atomic mass is 15.1. The highest BCUT2D eigenvalue weighted by Crippen LogP contribution is 2.08. The standard InChI is InChI=1S/C14H30N2/c1-14(2)8-7-9-15-10-13-16-11-5-3-4-6-12-16/h14-15H,3-13H2,1-2H3. The van der Waals surface area contributed by atoms with Gasteiger partial charge in [-0.2, -0.15) is 0 Å². The van der Waals surface area contributed by atoms with E-state index in [1.807, 2.05) is 0 Å². The molecule has 0 amide bonds. The summed E-state index contributed by atoms with van der Waals surface area (Å²) in [6, 6.07) is 0. The van der Waals surface area contributed by atoms with Crippen molar-refractivity contribution in [1.82, 2.24) is 10.2 Å². The third-order valence-electron chi connectivity index (χ3n) is 3.44. The monoisotopic (exact) mass is 226 g/mol. The summed E-state index contributed by atoms with van der Waals surface area (Å²) in [7, 11) is 0. The smallest absolute Gasteiger partial charge is 0.0107 e. The molecule has 1 aliphatic rings. The Hall–Kier alpha value is -0.0800. The summed E-state index contributed by atoms with van der Waals surface area (Å²) in [4.78, 5) is 2.63. The Morgan fingerprint density at radius 2 is 1.69 bits per heavy atom. The number of nitrogens with one attached hydrogen (secondary N) is 1. The SMILES string of the molecule is CC(C)CCCNCCN1CCCCCC1. The quantitative estimate of drug-likeness (QED) is 0.672. The van der Waals surface area contributed by atoms with Gasteiger partial charge < -0.3 is 10.2 Å². The second-order valence-corrected chi connectivity index (χ2v) is 5.54. The van der Waals surface area contributed by atoms with Gasteiger partial charge in [0.2, 0.25) is 0 Å². The summed E-state index contributed by atoms with van der Waals surface area (Å²) in [5, 5.41) is 3.57. The van der Waals surface area contributed by atoms with Crippen LogP contribution in [0.1, 0.15) is 52.4 Å². The Morgan fingerprint density at radius 3 is 2.31 bits per heavy atom. The number of rotatable bonds is 7. The Bertz CT molecular complexity index is 149. The minimum atomic E-state index is 0.854. The van der Waals surface area contributed by atoms with Gasteiger partial charge in [-0.1, -0.05) is 26.7 Å². The van der Waals surface area contributed by atoms with Crippen molar-refractivity contribution in [2.75, 3.05) is 32.7 Å². The topological polar surface area (TPSA) is 15.3 Å². The molecule has 2 nitrogen and oxygen atoms in total. The number of hydrogen-bond acceptors (Lipinski definition) is 2. The van der Waals surface area contributed by atoms with Gasteiger partial charge in [-0.3, -0.25) is 0 Å². The molecule has 0 bridgehead atoms. The van der Waals surface area contributed by atoms with Crippen molar-refractivity contribution in [3.63, 3.8) is 0 Å². The van der Waals surface area contributed by atoms with Crippen molar-refractivity contribution in [2.24, 2.45) is 5.92 Å². The van der Waals surface area contributed by atoms with E-state index < -0.39 is 0 Å². The molecular formula is C14H30N2. The van der Waals surface area contributed by atoms with E-state index in [4.69, 9.17) is 0 Å². The molecule has 0 spiro atoms. The fraction of sp³-hybridized carbons (Fsp3) is 1.00. The lowest BCUT2D eigenvalue weighted by Gasteiger charge is -2.19. The Kier molecular flexibility index (Phi) is 7.87. The van der Waals surface area contributed by atoms with Crippen molar-refractivity contribution in [2.45, 2.75) is 52.4 Å². The predicted octanol–water partition coefficient (Wildman–Crippen LogP) is 2.89. The molecule has 0 saturated carbocycles. The molecule has 1 heterocycles. The first-order valence-electron chi connectivity index (χ1n) is 7.22. The van der Waals surface area contributed by atoms with Crippen molar-refractivity contribution in [1.29, 1.82) is 0 Å². The van der Waals surface area contributed by atoms with E-state index in [9.17, 15) is 0 Å². The molecule has 2 heteroatoms. The van der Waals surface area contributed by atoms with Crippen LogP contribution in [0.5, 0.6) is 0 Å². The van der Waals surface area contributed by atoms with Crippen LogP contribution in [0, 0.1) is 5.92 Å². The molecule has 0 atom stereocenters. The van der Waals surface area contributed by atoms with Crippen molar-refractivity contribution in [3.8, 4) is 0 Å². The van der Waals surface area contributed by atoms with Crippen molar-refractivity contribution in [3.05, 3.63) is 0 Å². The molecule has 16 heavy (non-hydrogen) atoms. The van der Waals surface area contributed by atoms with Crippen LogP contribution in [-0.4, -0.2) is 37.6 Å². The number of nitrogens with zero attached hydrogens (tertiary/aromatic N) is 1. The Morgan fingerprint density at radius 1 is 1.00 bits per heavy atom. The molecule has 0 aromatic heterocycles. The van der Waals surface area contributed by atoms with Gasteiger partial charge in [-0.25, -0.2) is 0 Å². The minimum absolute atomic E-state index is 0.854. The lowest BCUT2D eigenvalue weighted by atomic mass is 10.1. The maximum absolute atomic E-state index is 3.57. The fourth-order valence-corrected chi connectivity index (χ4v) is 2.36. The van der Waals surface area contributed by atoms with E-state index in [0.717, 1.165) is 5.92 Å². The molecule has 0 aliphatic carbocycles. The average molecular weight is 226 g/mol. The molecule has 0 radical (unpaired) electrons. The molecule has 1 fully saturated rings. The Balaban J connectivity index is 1.89. The second-order valence-electron chi connectivity index (χ2n) is 5.54. The van der Waals surface area contributed by atoms with Gasteiger partial charge in [0.15, 0.2) is 0 Å². The first-order chi connectivity index (χ1) is 7.79. The van der Waals surface area contributed by atoms with E-state index in [1.54, 1.807) is 0 Å². The largest absolute Gasteiger partial charge is 0.315 e. The highest BCUT2D eigenvalue weighted by Gasteiger charge is 2.07. The molecule has 0 aromatic rings. The van der Waals surface area contributed by atoms with E-state index in [2.05, 4.69) is 24.1 Å². The lowest BCUT2D eigenvalue weighted by Crippen LogP contribution is -2.33. The summed E-state index contributed by atoms with van der Waals surface area (Å²) in [5.41, 5.74) is 0. The van der Waals surface area contributed by atoms with Crippen LogP contribution in [-0.2, 0) is 0 Å². The van der Waals surface area contributed by atoms with Crippen molar-refractivity contribution < 1.29 is 0 Å². The zero-order chi connectivity index (χ0) is 11.6. The fourth-order valence-electron chi connectivity index (χ4n) is 2.36. The van der Waals surface area contributed by atoms with Crippen LogP contribution < -0.4 is 5.32 Å². The normalized spacial score (nSPS) is 18.9. The van der Waals surface area contributed by atoms with E-state index in [1.165, 1.54) is 71.2 Å². The van der Waals surface area contributed by atoms with Crippen LogP contribution in [0.4, 0.5) is 0 Å². The van der Waals surface area contributed by atoms with Crippen LogP contribution in [0.25, 0.3) is 0 Å². The second kappa shape index (κ2) is 9.00. The lowest BCUT2D eigenvalue weighted by molar-refractivity contribution is 0.284. The first-order valence-corrected chi connectivity index (χ1v) is 7.22. The van der Waals surface area contributed by atoms with Gasteiger partial charge in [0.25, 0.3) is 0 Å². The van der Waals surface area contributed by atoms with Crippen LogP contribution in [0.2, 0.25) is 0 Å². The van der Waals surface area contributed by atoms with Crippen LogP contribution in [0.3, 0.4) is 0 Å². The summed E-state index contributed by atoms with van der Waals surface area (Å²) < 4.78 is 0. The van der Waals surface area contributed by atoms with Gasteiger partial charge in [-0.15, -0.1) is 0 Å². The maximum Gasteiger partial charge on any atom is 0.0107 e. The van der Waals surface area contributed by atoms with Gasteiger partial charge in [-0.05, 0) is 51.2 Å². The highest BCUT2D eigenvalue weighted by molar-refractivity contribution is 4.64.